The fourth-order valence-electron chi connectivity index (χ4n) is 3.17. The fraction of sp³-hybridized carbons (Fsp3) is 0.588. The summed E-state index contributed by atoms with van der Waals surface area (Å²) in [5.41, 5.74) is 2.12. The van der Waals surface area contributed by atoms with Crippen LogP contribution in [-0.4, -0.2) is 18.2 Å². The second-order valence-electron chi connectivity index (χ2n) is 6.45. The Bertz CT molecular complexity index is 462. The molecule has 110 valence electrons. The third-order valence-electron chi connectivity index (χ3n) is 4.20. The molecule has 0 bridgehead atoms. The van der Waals surface area contributed by atoms with E-state index in [1.54, 1.807) is 0 Å². The van der Waals surface area contributed by atoms with Crippen molar-refractivity contribution in [1.82, 2.24) is 0 Å². The first-order valence-electron chi connectivity index (χ1n) is 7.28. The van der Waals surface area contributed by atoms with Crippen LogP contribution in [0.1, 0.15) is 50.2 Å². The number of aryl methyl sites for hydroxylation is 1. The number of aliphatic carboxylic acids is 1. The highest BCUT2D eigenvalue weighted by molar-refractivity contribution is 5.65. The van der Waals surface area contributed by atoms with Gasteiger partial charge in [-0.15, -0.1) is 0 Å². The van der Waals surface area contributed by atoms with Crippen molar-refractivity contribution >= 4 is 5.97 Å². The van der Waals surface area contributed by atoms with E-state index in [0.29, 0.717) is 12.5 Å². The molecule has 0 aliphatic carbocycles. The van der Waals surface area contributed by atoms with Gasteiger partial charge in [0.2, 0.25) is 0 Å². The lowest BCUT2D eigenvalue weighted by Crippen LogP contribution is -2.37. The van der Waals surface area contributed by atoms with Crippen LogP contribution in [0.3, 0.4) is 0 Å². The number of carboxylic acid groups (broad SMARTS) is 1. The molecule has 0 aromatic heterocycles. The molecule has 0 saturated carbocycles. The van der Waals surface area contributed by atoms with Crippen LogP contribution >= 0.6 is 0 Å². The van der Waals surface area contributed by atoms with Crippen molar-refractivity contribution in [2.75, 3.05) is 6.61 Å². The van der Waals surface area contributed by atoms with Crippen molar-refractivity contribution in [3.8, 4) is 0 Å². The zero-order valence-electron chi connectivity index (χ0n) is 12.5. The summed E-state index contributed by atoms with van der Waals surface area (Å²) in [5.74, 6) is -0.622. The van der Waals surface area contributed by atoms with Gasteiger partial charge in [-0.2, -0.15) is 0 Å². The summed E-state index contributed by atoms with van der Waals surface area (Å²) in [7, 11) is 0. The third-order valence-corrected chi connectivity index (χ3v) is 4.20. The van der Waals surface area contributed by atoms with E-state index in [1.165, 1.54) is 5.56 Å². The molecule has 0 unspecified atom stereocenters. The van der Waals surface area contributed by atoms with Crippen LogP contribution in [0.2, 0.25) is 0 Å². The lowest BCUT2D eigenvalue weighted by molar-refractivity contribution is -0.306. The summed E-state index contributed by atoms with van der Waals surface area (Å²) in [4.78, 5) is 11.1. The molecule has 1 aromatic carbocycles. The maximum absolute atomic E-state index is 11.1. The van der Waals surface area contributed by atoms with Gasteiger partial charge in [0.1, 0.15) is 0 Å². The molecule has 0 amide bonds. The van der Waals surface area contributed by atoms with Crippen LogP contribution in [0.25, 0.3) is 0 Å². The van der Waals surface area contributed by atoms with Crippen LogP contribution < -0.4 is 5.11 Å². The number of benzene rings is 1. The van der Waals surface area contributed by atoms with Gasteiger partial charge in [0, 0.05) is 12.6 Å². The van der Waals surface area contributed by atoms with Gasteiger partial charge in [-0.3, -0.25) is 0 Å². The molecule has 3 heteroatoms. The topological polar surface area (TPSA) is 49.4 Å². The molecule has 1 heterocycles. The molecular weight excluding hydrogens is 252 g/mol. The van der Waals surface area contributed by atoms with Crippen LogP contribution in [-0.2, 0) is 9.53 Å². The van der Waals surface area contributed by atoms with Gasteiger partial charge in [-0.1, -0.05) is 29.8 Å². The number of carbonyl (C=O) groups excluding carboxylic acids is 1. The molecular formula is C17H23O3-. The van der Waals surface area contributed by atoms with E-state index in [2.05, 4.69) is 13.8 Å². The van der Waals surface area contributed by atoms with Crippen molar-refractivity contribution < 1.29 is 14.6 Å². The highest BCUT2D eigenvalue weighted by Crippen LogP contribution is 2.39. The summed E-state index contributed by atoms with van der Waals surface area (Å²) in [6.07, 6.45) is 1.89. The average molecular weight is 275 g/mol. The number of carbonyl (C=O) groups is 1. The zero-order valence-corrected chi connectivity index (χ0v) is 12.5. The zero-order chi connectivity index (χ0) is 14.8. The van der Waals surface area contributed by atoms with Gasteiger partial charge in [0.05, 0.1) is 5.60 Å². The maximum Gasteiger partial charge on any atom is 0.0629 e. The number of carboxylic acids is 1. The van der Waals surface area contributed by atoms with Crippen LogP contribution in [0, 0.1) is 12.8 Å². The summed E-state index contributed by atoms with van der Waals surface area (Å²) in [6, 6.07) is 8.18. The molecule has 0 N–H and O–H groups in total. The molecule has 0 radical (unpaired) electrons. The molecule has 3 nitrogen and oxygen atoms in total. The summed E-state index contributed by atoms with van der Waals surface area (Å²) in [5, 5.41) is 11.1. The van der Waals surface area contributed by atoms with E-state index < -0.39 is 5.97 Å². The second kappa shape index (κ2) is 5.96. The lowest BCUT2D eigenvalue weighted by Gasteiger charge is -2.39. The maximum atomic E-state index is 11.1. The average Bonchev–Trinajstić information content (AvgIpc) is 2.36. The van der Waals surface area contributed by atoms with Crippen molar-refractivity contribution in [3.63, 3.8) is 0 Å². The Balaban J connectivity index is 2.23. The number of rotatable bonds is 4. The molecule has 1 saturated heterocycles. The van der Waals surface area contributed by atoms with Gasteiger partial charge in [0.25, 0.3) is 0 Å². The Morgan fingerprint density at radius 1 is 1.40 bits per heavy atom. The van der Waals surface area contributed by atoms with Crippen LogP contribution in [0.4, 0.5) is 0 Å². The minimum Gasteiger partial charge on any atom is -0.550 e. The van der Waals surface area contributed by atoms with E-state index in [-0.39, 0.29) is 17.9 Å². The van der Waals surface area contributed by atoms with Crippen LogP contribution in [0.15, 0.2) is 24.3 Å². The van der Waals surface area contributed by atoms with E-state index >= 15 is 0 Å². The van der Waals surface area contributed by atoms with Crippen molar-refractivity contribution in [3.05, 3.63) is 35.4 Å². The fourth-order valence-corrected chi connectivity index (χ4v) is 3.17. The lowest BCUT2D eigenvalue weighted by atomic mass is 9.75. The standard InChI is InChI=1S/C17H24O3/c1-12-4-6-13(7-5-12)15(10-16(18)19)14-8-9-20-17(2,3)11-14/h4-7,14-15H,8-11H2,1-3H3,(H,18,19)/p-1/t14-,15-/m1/s1. The Hall–Kier alpha value is -1.35. The van der Waals surface area contributed by atoms with Gasteiger partial charge >= 0.3 is 0 Å². The predicted octanol–water partition coefficient (Wildman–Crippen LogP) is 2.42. The highest BCUT2D eigenvalue weighted by atomic mass is 16.5. The Kier molecular flexibility index (Phi) is 4.48. The molecule has 1 aliphatic rings. The quantitative estimate of drug-likeness (QED) is 0.848. The van der Waals surface area contributed by atoms with Gasteiger partial charge in [-0.05, 0) is 57.4 Å². The third kappa shape index (κ3) is 3.83. The molecule has 0 spiro atoms. The molecule has 2 atom stereocenters. The summed E-state index contributed by atoms with van der Waals surface area (Å²) < 4.78 is 5.74. The Labute approximate surface area is 121 Å². The van der Waals surface area contributed by atoms with Gasteiger partial charge < -0.3 is 14.6 Å². The molecule has 2 rings (SSSR count). The van der Waals surface area contributed by atoms with Gasteiger partial charge in [0.15, 0.2) is 0 Å². The minimum absolute atomic E-state index is 0.0174. The van der Waals surface area contributed by atoms with E-state index in [9.17, 15) is 9.90 Å². The number of hydrogen-bond acceptors (Lipinski definition) is 3. The smallest absolute Gasteiger partial charge is 0.0629 e. The van der Waals surface area contributed by atoms with Crippen LogP contribution in [0.5, 0.6) is 0 Å². The summed E-state index contributed by atoms with van der Waals surface area (Å²) >= 11 is 0. The van der Waals surface area contributed by atoms with Gasteiger partial charge in [-0.25, -0.2) is 0 Å². The second-order valence-corrected chi connectivity index (χ2v) is 6.45. The largest absolute Gasteiger partial charge is 0.550 e. The first kappa shape index (κ1) is 15.0. The normalized spacial score (nSPS) is 23.2. The Morgan fingerprint density at radius 3 is 2.60 bits per heavy atom. The first-order chi connectivity index (χ1) is 9.37. The minimum atomic E-state index is -0.972. The summed E-state index contributed by atoms with van der Waals surface area (Å²) in [6.45, 7) is 6.89. The van der Waals surface area contributed by atoms with E-state index in [0.717, 1.165) is 18.4 Å². The molecule has 20 heavy (non-hydrogen) atoms. The first-order valence-corrected chi connectivity index (χ1v) is 7.28. The Morgan fingerprint density at radius 2 is 2.05 bits per heavy atom. The molecule has 1 fully saturated rings. The van der Waals surface area contributed by atoms with E-state index in [4.69, 9.17) is 4.74 Å². The number of ether oxygens (including phenoxy) is 1. The van der Waals surface area contributed by atoms with Crippen molar-refractivity contribution in [1.29, 1.82) is 0 Å². The molecule has 1 aromatic rings. The molecule has 1 aliphatic heterocycles. The highest BCUT2D eigenvalue weighted by Gasteiger charge is 2.34. The monoisotopic (exact) mass is 275 g/mol. The number of hydrogen-bond donors (Lipinski definition) is 0. The van der Waals surface area contributed by atoms with E-state index in [1.807, 2.05) is 31.2 Å². The SMILES string of the molecule is Cc1ccc([C@@H](CC(=O)[O-])[C@@H]2CCOC(C)(C)C2)cc1. The predicted molar refractivity (Wildman–Crippen MR) is 76.3 cm³/mol. The van der Waals surface area contributed by atoms with Crippen molar-refractivity contribution in [2.45, 2.75) is 51.6 Å². The van der Waals surface area contributed by atoms with Crippen molar-refractivity contribution in [2.24, 2.45) is 5.92 Å².